The summed E-state index contributed by atoms with van der Waals surface area (Å²) in [5.74, 6) is 0. The Kier molecular flexibility index (Phi) is 2.92. The second-order valence-electron chi connectivity index (χ2n) is 2.42. The average molecular weight is 177 g/mol. The quantitative estimate of drug-likeness (QED) is 0.516. The van der Waals surface area contributed by atoms with E-state index in [1.807, 2.05) is 6.07 Å². The standard InChI is InChI=1S/C8H7N3O2/c9-5-1-2-7-3-4-8(6-10-7)11(12)13/h3-4,6H,1-2H2. The Hall–Kier alpha value is -1.96. The molecule has 1 aromatic rings. The third-order valence-electron chi connectivity index (χ3n) is 1.51. The van der Waals surface area contributed by atoms with Gasteiger partial charge >= 0.3 is 0 Å². The molecule has 0 saturated carbocycles. The van der Waals surface area contributed by atoms with Crippen molar-refractivity contribution in [3.05, 3.63) is 34.1 Å². The van der Waals surface area contributed by atoms with E-state index in [-0.39, 0.29) is 5.69 Å². The molecule has 0 radical (unpaired) electrons. The van der Waals surface area contributed by atoms with Crippen LogP contribution in [0.5, 0.6) is 0 Å². The second kappa shape index (κ2) is 4.16. The normalized spacial score (nSPS) is 9.15. The van der Waals surface area contributed by atoms with E-state index in [1.165, 1.54) is 12.3 Å². The van der Waals surface area contributed by atoms with Crippen molar-refractivity contribution >= 4 is 5.69 Å². The number of hydrogen-bond acceptors (Lipinski definition) is 4. The summed E-state index contributed by atoms with van der Waals surface area (Å²) in [6.07, 6.45) is 2.12. The first-order valence-corrected chi connectivity index (χ1v) is 3.70. The van der Waals surface area contributed by atoms with Gasteiger partial charge in [-0.15, -0.1) is 0 Å². The zero-order valence-electron chi connectivity index (χ0n) is 6.80. The summed E-state index contributed by atoms with van der Waals surface area (Å²) in [4.78, 5) is 13.6. The summed E-state index contributed by atoms with van der Waals surface area (Å²) in [5.41, 5.74) is 0.674. The van der Waals surface area contributed by atoms with E-state index in [1.54, 1.807) is 6.07 Å². The third-order valence-corrected chi connectivity index (χ3v) is 1.51. The van der Waals surface area contributed by atoms with Crippen molar-refractivity contribution in [1.29, 1.82) is 5.26 Å². The summed E-state index contributed by atoms with van der Waals surface area (Å²) in [6, 6.07) is 4.93. The van der Waals surface area contributed by atoms with Crippen molar-refractivity contribution in [2.24, 2.45) is 0 Å². The third kappa shape index (κ3) is 2.52. The number of nitrogens with zero attached hydrogens (tertiary/aromatic N) is 3. The summed E-state index contributed by atoms with van der Waals surface area (Å²) in [7, 11) is 0. The first-order chi connectivity index (χ1) is 6.24. The van der Waals surface area contributed by atoms with Gasteiger partial charge in [0.05, 0.1) is 11.0 Å². The van der Waals surface area contributed by atoms with Gasteiger partial charge < -0.3 is 0 Å². The van der Waals surface area contributed by atoms with Gasteiger partial charge in [-0.1, -0.05) is 0 Å². The number of rotatable bonds is 3. The largest absolute Gasteiger partial charge is 0.287 e. The van der Waals surface area contributed by atoms with Gasteiger partial charge in [-0.3, -0.25) is 15.1 Å². The first kappa shape index (κ1) is 9.13. The molecule has 66 valence electrons. The number of aryl methyl sites for hydroxylation is 1. The fourth-order valence-electron chi connectivity index (χ4n) is 0.857. The van der Waals surface area contributed by atoms with Crippen LogP contribution in [0.25, 0.3) is 0 Å². The predicted octanol–water partition coefficient (Wildman–Crippen LogP) is 1.45. The van der Waals surface area contributed by atoms with Crippen LogP contribution < -0.4 is 0 Å². The highest BCUT2D eigenvalue weighted by atomic mass is 16.6. The predicted molar refractivity (Wildman–Crippen MR) is 44.8 cm³/mol. The molecule has 0 amide bonds. The molecule has 0 aliphatic carbocycles. The number of aromatic nitrogens is 1. The zero-order valence-corrected chi connectivity index (χ0v) is 6.80. The molecule has 0 bridgehead atoms. The number of pyridine rings is 1. The summed E-state index contributed by atoms with van der Waals surface area (Å²) in [5, 5.41) is 18.5. The van der Waals surface area contributed by atoms with Crippen molar-refractivity contribution in [3.8, 4) is 6.07 Å². The van der Waals surface area contributed by atoms with Crippen LogP contribution in [0.3, 0.4) is 0 Å². The maximum Gasteiger partial charge on any atom is 0.287 e. The van der Waals surface area contributed by atoms with Gasteiger partial charge in [0.2, 0.25) is 0 Å². The Morgan fingerprint density at radius 2 is 2.38 bits per heavy atom. The molecule has 0 saturated heterocycles. The highest BCUT2D eigenvalue weighted by Crippen LogP contribution is 2.09. The number of nitro groups is 1. The van der Waals surface area contributed by atoms with Crippen molar-refractivity contribution < 1.29 is 4.92 Å². The molecular weight excluding hydrogens is 170 g/mol. The molecule has 0 aliphatic heterocycles. The lowest BCUT2D eigenvalue weighted by molar-refractivity contribution is -0.385. The van der Waals surface area contributed by atoms with Crippen molar-refractivity contribution in [2.45, 2.75) is 12.8 Å². The van der Waals surface area contributed by atoms with Crippen molar-refractivity contribution in [2.75, 3.05) is 0 Å². The van der Waals surface area contributed by atoms with Gasteiger partial charge in [-0.2, -0.15) is 5.26 Å². The monoisotopic (exact) mass is 177 g/mol. The Labute approximate surface area is 74.8 Å². The summed E-state index contributed by atoms with van der Waals surface area (Å²) in [6.45, 7) is 0. The van der Waals surface area contributed by atoms with Crippen molar-refractivity contribution in [3.63, 3.8) is 0 Å². The zero-order chi connectivity index (χ0) is 9.68. The van der Waals surface area contributed by atoms with Crippen LogP contribution in [-0.4, -0.2) is 9.91 Å². The van der Waals surface area contributed by atoms with Crippen LogP contribution in [0.15, 0.2) is 18.3 Å². The van der Waals surface area contributed by atoms with Gasteiger partial charge in [0, 0.05) is 24.6 Å². The minimum Gasteiger partial charge on any atom is -0.258 e. The minimum absolute atomic E-state index is 0.0271. The lowest BCUT2D eigenvalue weighted by Crippen LogP contribution is -1.92. The molecular formula is C8H7N3O2. The lowest BCUT2D eigenvalue weighted by Gasteiger charge is -1.94. The van der Waals surface area contributed by atoms with Crippen LogP contribution in [0.4, 0.5) is 5.69 Å². The summed E-state index contributed by atoms with van der Waals surface area (Å²) >= 11 is 0. The fraction of sp³-hybridized carbons (Fsp3) is 0.250. The minimum atomic E-state index is -0.499. The highest BCUT2D eigenvalue weighted by molar-refractivity contribution is 5.26. The van der Waals surface area contributed by atoms with E-state index in [9.17, 15) is 10.1 Å². The molecule has 5 nitrogen and oxygen atoms in total. The van der Waals surface area contributed by atoms with E-state index in [0.717, 1.165) is 0 Å². The first-order valence-electron chi connectivity index (χ1n) is 3.70. The van der Waals surface area contributed by atoms with Crippen LogP contribution in [0.1, 0.15) is 12.1 Å². The summed E-state index contributed by atoms with van der Waals surface area (Å²) < 4.78 is 0. The van der Waals surface area contributed by atoms with Gasteiger partial charge in [0.1, 0.15) is 6.20 Å². The topological polar surface area (TPSA) is 79.8 Å². The van der Waals surface area contributed by atoms with E-state index in [4.69, 9.17) is 5.26 Å². The molecule has 1 aromatic heterocycles. The average Bonchev–Trinajstić information content (AvgIpc) is 2.15. The molecule has 0 atom stereocenters. The van der Waals surface area contributed by atoms with E-state index >= 15 is 0 Å². The molecule has 0 unspecified atom stereocenters. The smallest absolute Gasteiger partial charge is 0.258 e. The maximum absolute atomic E-state index is 10.2. The molecule has 13 heavy (non-hydrogen) atoms. The van der Waals surface area contributed by atoms with Crippen LogP contribution in [0.2, 0.25) is 0 Å². The highest BCUT2D eigenvalue weighted by Gasteiger charge is 2.04. The second-order valence-corrected chi connectivity index (χ2v) is 2.42. The molecule has 0 aromatic carbocycles. The molecule has 1 heterocycles. The Morgan fingerprint density at radius 3 is 2.85 bits per heavy atom. The maximum atomic E-state index is 10.2. The number of hydrogen-bond donors (Lipinski definition) is 0. The lowest BCUT2D eigenvalue weighted by atomic mass is 10.2. The van der Waals surface area contributed by atoms with E-state index < -0.39 is 4.92 Å². The molecule has 5 heteroatoms. The Morgan fingerprint density at radius 1 is 1.62 bits per heavy atom. The molecule has 0 aliphatic rings. The van der Waals surface area contributed by atoms with Crippen LogP contribution >= 0.6 is 0 Å². The molecule has 1 rings (SSSR count). The van der Waals surface area contributed by atoms with Gasteiger partial charge in [0.25, 0.3) is 5.69 Å². The van der Waals surface area contributed by atoms with Crippen molar-refractivity contribution in [1.82, 2.24) is 4.98 Å². The van der Waals surface area contributed by atoms with Gasteiger partial charge in [0.15, 0.2) is 0 Å². The molecule has 0 fully saturated rings. The SMILES string of the molecule is N#CCCc1ccc([N+](=O)[O-])cn1. The van der Waals surface area contributed by atoms with E-state index in [0.29, 0.717) is 18.5 Å². The van der Waals surface area contributed by atoms with Gasteiger partial charge in [-0.05, 0) is 6.07 Å². The van der Waals surface area contributed by atoms with Crippen LogP contribution in [0, 0.1) is 21.4 Å². The molecule has 0 N–H and O–H groups in total. The van der Waals surface area contributed by atoms with Crippen LogP contribution in [-0.2, 0) is 6.42 Å². The Balaban J connectivity index is 2.71. The van der Waals surface area contributed by atoms with E-state index in [2.05, 4.69) is 4.98 Å². The molecule has 0 spiro atoms. The van der Waals surface area contributed by atoms with Gasteiger partial charge in [-0.25, -0.2) is 0 Å². The fourth-order valence-corrected chi connectivity index (χ4v) is 0.857. The number of nitriles is 1. The Bertz CT molecular complexity index is 339.